The Morgan fingerprint density at radius 3 is 2.82 bits per heavy atom. The Morgan fingerprint density at radius 2 is 2.23 bits per heavy atom. The Bertz CT molecular complexity index is 504. The molecule has 124 valence electrons. The summed E-state index contributed by atoms with van der Waals surface area (Å²) in [7, 11) is 3.80. The first kappa shape index (κ1) is 19.5. The fraction of sp³-hybridized carbons (Fsp3) is 0.562. The van der Waals surface area contributed by atoms with Crippen LogP contribution in [0.3, 0.4) is 0 Å². The summed E-state index contributed by atoms with van der Waals surface area (Å²) in [6.45, 7) is 3.13. The van der Waals surface area contributed by atoms with E-state index in [0.717, 1.165) is 31.8 Å². The lowest BCUT2D eigenvalue weighted by Gasteiger charge is -2.22. The van der Waals surface area contributed by atoms with Crippen LogP contribution >= 0.6 is 35.6 Å². The van der Waals surface area contributed by atoms with Gasteiger partial charge < -0.3 is 10.2 Å². The fourth-order valence-electron chi connectivity index (χ4n) is 2.55. The van der Waals surface area contributed by atoms with Crippen molar-refractivity contribution in [1.82, 2.24) is 10.2 Å². The molecule has 1 N–H and O–H groups in total. The minimum Gasteiger partial charge on any atom is -0.353 e. The molecule has 0 heterocycles. The first-order valence-electron chi connectivity index (χ1n) is 7.46. The molecule has 0 spiro atoms. The topological polar surface area (TPSA) is 27.6 Å². The normalized spacial score (nSPS) is 20.3. The van der Waals surface area contributed by atoms with E-state index < -0.39 is 0 Å². The van der Waals surface area contributed by atoms with Crippen molar-refractivity contribution in [1.29, 1.82) is 0 Å². The van der Waals surface area contributed by atoms with Crippen molar-refractivity contribution in [2.75, 3.05) is 20.6 Å². The van der Waals surface area contributed by atoms with E-state index in [1.54, 1.807) is 19.2 Å². The van der Waals surface area contributed by atoms with E-state index in [1.807, 2.05) is 7.05 Å². The number of halogens is 3. The van der Waals surface area contributed by atoms with Gasteiger partial charge in [-0.25, -0.2) is 4.39 Å². The fourth-order valence-corrected chi connectivity index (χ4v) is 2.85. The second-order valence-corrected chi connectivity index (χ2v) is 5.96. The maximum Gasteiger partial charge on any atom is 0.193 e. The average Bonchev–Trinajstić information content (AvgIpc) is 3.21. The molecular formula is C16H24ClFIN3. The molecule has 0 bridgehead atoms. The van der Waals surface area contributed by atoms with Crippen LogP contribution in [0, 0.1) is 5.82 Å². The van der Waals surface area contributed by atoms with E-state index in [1.165, 1.54) is 6.07 Å². The van der Waals surface area contributed by atoms with Gasteiger partial charge in [-0.2, -0.15) is 0 Å². The highest BCUT2D eigenvalue weighted by Crippen LogP contribution is 2.44. The largest absolute Gasteiger partial charge is 0.353 e. The third-order valence-corrected chi connectivity index (χ3v) is 4.23. The Morgan fingerprint density at radius 1 is 1.50 bits per heavy atom. The van der Waals surface area contributed by atoms with Gasteiger partial charge in [0.2, 0.25) is 0 Å². The van der Waals surface area contributed by atoms with Crippen LogP contribution < -0.4 is 5.32 Å². The maximum atomic E-state index is 13.9. The predicted octanol–water partition coefficient (Wildman–Crippen LogP) is 4.26. The molecule has 22 heavy (non-hydrogen) atoms. The molecule has 0 aliphatic heterocycles. The molecule has 0 amide bonds. The van der Waals surface area contributed by atoms with Gasteiger partial charge in [-0.3, -0.25) is 4.99 Å². The number of hydrogen-bond donors (Lipinski definition) is 1. The van der Waals surface area contributed by atoms with Crippen molar-refractivity contribution in [2.45, 2.75) is 38.1 Å². The molecule has 1 aromatic carbocycles. The van der Waals surface area contributed by atoms with Crippen molar-refractivity contribution < 1.29 is 4.39 Å². The van der Waals surface area contributed by atoms with E-state index in [4.69, 9.17) is 11.6 Å². The van der Waals surface area contributed by atoms with Gasteiger partial charge >= 0.3 is 0 Å². The SMILES string of the molecule is CCCCN(C)C(=NC)NC1CC1c1c(F)cccc1Cl.I. The van der Waals surface area contributed by atoms with Crippen LogP contribution in [0.2, 0.25) is 5.02 Å². The Kier molecular flexibility index (Phi) is 7.89. The summed E-state index contributed by atoms with van der Waals surface area (Å²) in [5.41, 5.74) is 0.628. The number of hydrogen-bond acceptors (Lipinski definition) is 1. The van der Waals surface area contributed by atoms with Crippen LogP contribution in [-0.2, 0) is 0 Å². The van der Waals surface area contributed by atoms with Crippen molar-refractivity contribution in [3.05, 3.63) is 34.6 Å². The molecule has 1 aliphatic carbocycles. The summed E-state index contributed by atoms with van der Waals surface area (Å²) < 4.78 is 13.9. The lowest BCUT2D eigenvalue weighted by Crippen LogP contribution is -2.40. The smallest absolute Gasteiger partial charge is 0.193 e. The van der Waals surface area contributed by atoms with Crippen LogP contribution in [0.4, 0.5) is 4.39 Å². The Balaban J connectivity index is 0.00000242. The third kappa shape index (κ3) is 4.72. The molecule has 2 unspecified atom stereocenters. The molecular weight excluding hydrogens is 416 g/mol. The van der Waals surface area contributed by atoms with Crippen LogP contribution in [0.1, 0.15) is 37.7 Å². The van der Waals surface area contributed by atoms with Gasteiger partial charge in [0.15, 0.2) is 5.96 Å². The molecule has 0 aromatic heterocycles. The van der Waals surface area contributed by atoms with Crippen LogP contribution in [0.25, 0.3) is 0 Å². The lowest BCUT2D eigenvalue weighted by atomic mass is 10.1. The summed E-state index contributed by atoms with van der Waals surface area (Å²) >= 11 is 6.12. The van der Waals surface area contributed by atoms with Crippen LogP contribution in [0.5, 0.6) is 0 Å². The monoisotopic (exact) mass is 439 g/mol. The molecule has 1 fully saturated rings. The molecule has 2 atom stereocenters. The van der Waals surface area contributed by atoms with Gasteiger partial charge in [0, 0.05) is 43.2 Å². The van der Waals surface area contributed by atoms with Crippen molar-refractivity contribution in [3.8, 4) is 0 Å². The highest BCUT2D eigenvalue weighted by atomic mass is 127. The first-order valence-corrected chi connectivity index (χ1v) is 7.84. The second-order valence-electron chi connectivity index (χ2n) is 5.55. The van der Waals surface area contributed by atoms with Crippen molar-refractivity contribution >= 4 is 41.5 Å². The van der Waals surface area contributed by atoms with E-state index in [2.05, 4.69) is 22.1 Å². The zero-order chi connectivity index (χ0) is 15.4. The summed E-state index contributed by atoms with van der Waals surface area (Å²) in [6, 6.07) is 5.07. The van der Waals surface area contributed by atoms with E-state index in [-0.39, 0.29) is 41.8 Å². The van der Waals surface area contributed by atoms with E-state index >= 15 is 0 Å². The zero-order valence-corrected chi connectivity index (χ0v) is 16.4. The molecule has 1 aliphatic rings. The van der Waals surface area contributed by atoms with Gasteiger partial charge in [0.05, 0.1) is 0 Å². The average molecular weight is 440 g/mol. The minimum absolute atomic E-state index is 0. The Hall–Kier alpha value is -0.560. The van der Waals surface area contributed by atoms with Crippen LogP contribution in [0.15, 0.2) is 23.2 Å². The molecule has 6 heteroatoms. The second kappa shape index (κ2) is 8.91. The molecule has 3 nitrogen and oxygen atoms in total. The minimum atomic E-state index is -0.217. The number of unbranched alkanes of at least 4 members (excludes halogenated alkanes) is 1. The number of nitrogens with zero attached hydrogens (tertiary/aromatic N) is 2. The summed E-state index contributed by atoms with van der Waals surface area (Å²) in [5.74, 6) is 0.782. The summed E-state index contributed by atoms with van der Waals surface area (Å²) in [6.07, 6.45) is 3.17. The molecule has 0 radical (unpaired) electrons. The van der Waals surface area contributed by atoms with Gasteiger partial charge in [-0.15, -0.1) is 24.0 Å². The number of nitrogens with one attached hydrogen (secondary N) is 1. The van der Waals surface area contributed by atoms with Gasteiger partial charge in [0.25, 0.3) is 0 Å². The van der Waals surface area contributed by atoms with Crippen molar-refractivity contribution in [3.63, 3.8) is 0 Å². The number of rotatable bonds is 5. The molecule has 1 saturated carbocycles. The summed E-state index contributed by atoms with van der Waals surface area (Å²) in [4.78, 5) is 6.41. The number of aliphatic imine (C=N–C) groups is 1. The zero-order valence-electron chi connectivity index (χ0n) is 13.3. The van der Waals surface area contributed by atoms with Gasteiger partial charge in [-0.05, 0) is 25.0 Å². The standard InChI is InChI=1S/C16H23ClFN3.HI/c1-4-5-9-21(3)16(19-2)20-14-10-11(14)15-12(17)7-6-8-13(15)18;/h6-8,11,14H,4-5,9-10H2,1-3H3,(H,19,20);1H. The summed E-state index contributed by atoms with van der Waals surface area (Å²) in [5, 5.41) is 3.92. The highest BCUT2D eigenvalue weighted by Gasteiger charge is 2.42. The van der Waals surface area contributed by atoms with Gasteiger partial charge in [0.1, 0.15) is 5.82 Å². The number of guanidine groups is 1. The van der Waals surface area contributed by atoms with Crippen LogP contribution in [-0.4, -0.2) is 37.5 Å². The highest BCUT2D eigenvalue weighted by molar-refractivity contribution is 14.0. The van der Waals surface area contributed by atoms with E-state index in [9.17, 15) is 4.39 Å². The van der Waals surface area contributed by atoms with Gasteiger partial charge in [-0.1, -0.05) is 31.0 Å². The third-order valence-electron chi connectivity index (χ3n) is 3.90. The molecule has 2 rings (SSSR count). The first-order chi connectivity index (χ1) is 10.1. The number of benzene rings is 1. The van der Waals surface area contributed by atoms with E-state index in [0.29, 0.717) is 10.6 Å². The lowest BCUT2D eigenvalue weighted by molar-refractivity contribution is 0.463. The molecule has 1 aromatic rings. The maximum absolute atomic E-state index is 13.9. The predicted molar refractivity (Wildman–Crippen MR) is 102 cm³/mol. The van der Waals surface area contributed by atoms with Crippen molar-refractivity contribution in [2.24, 2.45) is 4.99 Å². The Labute approximate surface area is 154 Å². The molecule has 0 saturated heterocycles. The quantitative estimate of drug-likeness (QED) is 0.422.